The van der Waals surface area contributed by atoms with Crippen LogP contribution in [-0.2, 0) is 9.53 Å². The van der Waals surface area contributed by atoms with Crippen molar-refractivity contribution in [3.05, 3.63) is 41.4 Å². The van der Waals surface area contributed by atoms with E-state index in [0.717, 1.165) is 31.4 Å². The highest BCUT2D eigenvalue weighted by Gasteiger charge is 2.48. The first-order valence-electron chi connectivity index (χ1n) is 12.4. The van der Waals surface area contributed by atoms with Crippen LogP contribution in [0, 0.1) is 30.5 Å². The van der Waals surface area contributed by atoms with Crippen molar-refractivity contribution in [1.29, 1.82) is 0 Å². The highest BCUT2D eigenvalue weighted by molar-refractivity contribution is 7.13. The van der Waals surface area contributed by atoms with E-state index in [-0.39, 0.29) is 41.3 Å². The first-order valence-corrected chi connectivity index (χ1v) is 13.3. The molecule has 0 spiro atoms. The monoisotopic (exact) mass is 506 g/mol. The van der Waals surface area contributed by atoms with Crippen molar-refractivity contribution < 1.29 is 13.9 Å². The van der Waals surface area contributed by atoms with Gasteiger partial charge >= 0.3 is 5.97 Å². The SMILES string of the molecule is CCOC(=O)[C@H]1C2CCC(CC2)[C@@H]1Nc1nc(-c2c[nH]c3ncc(C)nc23)nc(-c2cccs2)c1F. The molecule has 36 heavy (non-hydrogen) atoms. The number of fused-ring (bicyclic) bond motifs is 4. The summed E-state index contributed by atoms with van der Waals surface area (Å²) in [7, 11) is 0. The van der Waals surface area contributed by atoms with Crippen molar-refractivity contribution in [3.63, 3.8) is 0 Å². The Labute approximate surface area is 211 Å². The molecule has 4 heterocycles. The third-order valence-electron chi connectivity index (χ3n) is 7.43. The van der Waals surface area contributed by atoms with Gasteiger partial charge in [0.2, 0.25) is 0 Å². The van der Waals surface area contributed by atoms with Gasteiger partial charge in [0.15, 0.2) is 23.1 Å². The van der Waals surface area contributed by atoms with Crippen molar-refractivity contribution in [1.82, 2.24) is 24.9 Å². The summed E-state index contributed by atoms with van der Waals surface area (Å²) in [6, 6.07) is 3.47. The number of rotatable bonds is 6. The standard InChI is InChI=1S/C26H27FN6O2S/c1-3-35-26(34)18-14-6-8-15(9-7-14)20(18)31-24-19(27)22(17-5-4-10-36-17)32-23(33-24)16-12-29-25-21(16)30-13(2)11-28-25/h4-5,10-12,14-15,18,20H,3,6-9H2,1-2H3,(H,28,29)(H,31,32,33)/t14?,15?,18-,20-/m0/s1. The smallest absolute Gasteiger partial charge is 0.311 e. The second kappa shape index (κ2) is 9.24. The normalized spacial score (nSPS) is 23.2. The fourth-order valence-electron chi connectivity index (χ4n) is 5.78. The van der Waals surface area contributed by atoms with Crippen molar-refractivity contribution in [2.45, 2.75) is 45.6 Å². The van der Waals surface area contributed by atoms with Gasteiger partial charge in [0.25, 0.3) is 0 Å². The summed E-state index contributed by atoms with van der Waals surface area (Å²) in [6.45, 7) is 4.01. The molecule has 0 radical (unpaired) electrons. The molecule has 0 aromatic carbocycles. The van der Waals surface area contributed by atoms with E-state index in [0.29, 0.717) is 34.0 Å². The largest absolute Gasteiger partial charge is 0.466 e. The molecule has 4 aromatic heterocycles. The summed E-state index contributed by atoms with van der Waals surface area (Å²) >= 11 is 1.41. The van der Waals surface area contributed by atoms with Gasteiger partial charge < -0.3 is 15.0 Å². The second-order valence-electron chi connectivity index (χ2n) is 9.57. The van der Waals surface area contributed by atoms with Crippen molar-refractivity contribution in [2.24, 2.45) is 17.8 Å². The van der Waals surface area contributed by atoms with Crippen LogP contribution >= 0.6 is 11.3 Å². The predicted octanol–water partition coefficient (Wildman–Crippen LogP) is 5.37. The second-order valence-corrected chi connectivity index (χ2v) is 10.5. The Morgan fingerprint density at radius 1 is 1.22 bits per heavy atom. The Morgan fingerprint density at radius 3 is 2.78 bits per heavy atom. The van der Waals surface area contributed by atoms with Gasteiger partial charge in [-0.15, -0.1) is 11.3 Å². The fraction of sp³-hybridized carbons (Fsp3) is 0.423. The van der Waals surface area contributed by atoms with Gasteiger partial charge in [-0.2, -0.15) is 0 Å². The molecule has 0 amide bonds. The van der Waals surface area contributed by atoms with Gasteiger partial charge in [-0.05, 0) is 62.8 Å². The summed E-state index contributed by atoms with van der Waals surface area (Å²) in [5, 5.41) is 5.26. The lowest BCUT2D eigenvalue weighted by atomic mass is 9.61. The Morgan fingerprint density at radius 2 is 2.03 bits per heavy atom. The van der Waals surface area contributed by atoms with Crippen LogP contribution in [0.2, 0.25) is 0 Å². The average molecular weight is 507 g/mol. The lowest BCUT2D eigenvalue weighted by Crippen LogP contribution is -2.52. The van der Waals surface area contributed by atoms with Crippen molar-refractivity contribution in [2.75, 3.05) is 11.9 Å². The quantitative estimate of drug-likeness (QED) is 0.339. The topological polar surface area (TPSA) is 106 Å². The first kappa shape index (κ1) is 23.0. The van der Waals surface area contributed by atoms with E-state index in [1.165, 1.54) is 11.3 Å². The zero-order chi connectivity index (χ0) is 24.8. The minimum Gasteiger partial charge on any atom is -0.466 e. The van der Waals surface area contributed by atoms with Gasteiger partial charge in [0, 0.05) is 12.2 Å². The van der Waals surface area contributed by atoms with E-state index in [2.05, 4.69) is 30.2 Å². The number of aromatic amines is 1. The minimum atomic E-state index is -0.521. The van der Waals surface area contributed by atoms with Crippen LogP contribution < -0.4 is 5.32 Å². The summed E-state index contributed by atoms with van der Waals surface area (Å²) in [6.07, 6.45) is 7.45. The molecule has 2 N–H and O–H groups in total. The molecule has 0 aliphatic heterocycles. The number of nitrogens with zero attached hydrogens (tertiary/aromatic N) is 4. The number of esters is 1. The van der Waals surface area contributed by atoms with Crippen LogP contribution in [0.15, 0.2) is 29.9 Å². The summed E-state index contributed by atoms with van der Waals surface area (Å²) < 4.78 is 21.4. The van der Waals surface area contributed by atoms with Crippen molar-refractivity contribution >= 4 is 34.3 Å². The molecule has 3 fully saturated rings. The number of halogens is 1. The van der Waals surface area contributed by atoms with Crippen molar-refractivity contribution in [3.8, 4) is 22.0 Å². The Bertz CT molecular complexity index is 1410. The van der Waals surface area contributed by atoms with E-state index in [1.807, 2.05) is 31.4 Å². The maximum atomic E-state index is 16.0. The van der Waals surface area contributed by atoms with Gasteiger partial charge in [-0.3, -0.25) is 4.79 Å². The fourth-order valence-corrected chi connectivity index (χ4v) is 6.49. The number of hydrogen-bond donors (Lipinski definition) is 2. The number of aryl methyl sites for hydroxylation is 1. The van der Waals surface area contributed by atoms with E-state index >= 15 is 4.39 Å². The number of carbonyl (C=O) groups excluding carboxylic acids is 1. The number of H-pyrrole nitrogens is 1. The van der Waals surface area contributed by atoms with E-state index in [9.17, 15) is 4.79 Å². The molecule has 0 unspecified atom stereocenters. The molecule has 0 saturated heterocycles. The first-order chi connectivity index (χ1) is 17.5. The molecule has 7 rings (SSSR count). The molecule has 3 saturated carbocycles. The molecule has 3 aliphatic rings. The number of anilines is 1. The maximum absolute atomic E-state index is 16.0. The van der Waals surface area contributed by atoms with Crippen LogP contribution in [-0.4, -0.2) is 43.5 Å². The van der Waals surface area contributed by atoms with Crippen LogP contribution in [0.5, 0.6) is 0 Å². The van der Waals surface area contributed by atoms with Gasteiger partial charge in [-0.25, -0.2) is 24.3 Å². The lowest BCUT2D eigenvalue weighted by molar-refractivity contribution is -0.154. The molecule has 10 heteroatoms. The Balaban J connectivity index is 1.46. The van der Waals surface area contributed by atoms with Crippen LogP contribution in [0.1, 0.15) is 38.3 Å². The highest BCUT2D eigenvalue weighted by Crippen LogP contribution is 2.47. The molecule has 4 aromatic rings. The molecule has 2 atom stereocenters. The summed E-state index contributed by atoms with van der Waals surface area (Å²) in [5.41, 5.74) is 2.88. The molecule has 2 bridgehead atoms. The third-order valence-corrected chi connectivity index (χ3v) is 8.31. The number of carbonyl (C=O) groups is 1. The summed E-state index contributed by atoms with van der Waals surface area (Å²) in [4.78, 5) is 35.1. The molecular formula is C26H27FN6O2S. The number of nitrogens with one attached hydrogen (secondary N) is 2. The zero-order valence-electron chi connectivity index (χ0n) is 20.1. The third kappa shape index (κ3) is 3.93. The predicted molar refractivity (Wildman–Crippen MR) is 136 cm³/mol. The van der Waals surface area contributed by atoms with Gasteiger partial charge in [0.1, 0.15) is 11.2 Å². The van der Waals surface area contributed by atoms with Crippen LogP contribution in [0.4, 0.5) is 10.2 Å². The number of ether oxygens (including phenoxy) is 1. The molecular weight excluding hydrogens is 479 g/mol. The van der Waals surface area contributed by atoms with Gasteiger partial charge in [0.05, 0.1) is 34.9 Å². The van der Waals surface area contributed by atoms with E-state index < -0.39 is 5.82 Å². The van der Waals surface area contributed by atoms with Gasteiger partial charge in [-0.1, -0.05) is 6.07 Å². The van der Waals surface area contributed by atoms with Crippen LogP contribution in [0.3, 0.4) is 0 Å². The number of hydrogen-bond acceptors (Lipinski definition) is 8. The lowest BCUT2D eigenvalue weighted by Gasteiger charge is -2.47. The van der Waals surface area contributed by atoms with Crippen LogP contribution in [0.25, 0.3) is 33.1 Å². The van der Waals surface area contributed by atoms with E-state index in [1.54, 1.807) is 12.4 Å². The Kier molecular flexibility index (Phi) is 5.91. The van der Waals surface area contributed by atoms with E-state index in [4.69, 9.17) is 4.74 Å². The Hall–Kier alpha value is -3.40. The number of thiophene rings is 1. The molecule has 3 aliphatic carbocycles. The summed E-state index contributed by atoms with van der Waals surface area (Å²) in [5.74, 6) is -0.102. The average Bonchev–Trinajstić information content (AvgIpc) is 3.56. The minimum absolute atomic E-state index is 0.102. The molecule has 8 nitrogen and oxygen atoms in total. The number of aromatic nitrogens is 5. The maximum Gasteiger partial charge on any atom is 0.311 e. The zero-order valence-corrected chi connectivity index (χ0v) is 20.9. The highest BCUT2D eigenvalue weighted by atomic mass is 32.1. The molecule has 186 valence electrons.